The van der Waals surface area contributed by atoms with Gasteiger partial charge in [-0.15, -0.1) is 0 Å². The molecule has 4 amide bonds. The van der Waals surface area contributed by atoms with Crippen LogP contribution in [0.3, 0.4) is 0 Å². The van der Waals surface area contributed by atoms with Crippen molar-refractivity contribution in [2.75, 3.05) is 6.54 Å². The van der Waals surface area contributed by atoms with Gasteiger partial charge in [0.2, 0.25) is 23.6 Å². The molecule has 0 bridgehead atoms. The summed E-state index contributed by atoms with van der Waals surface area (Å²) < 4.78 is 0. The molecule has 0 aliphatic carbocycles. The highest BCUT2D eigenvalue weighted by molar-refractivity contribution is 5.94. The van der Waals surface area contributed by atoms with Crippen molar-refractivity contribution in [3.05, 3.63) is 29.8 Å². The number of nitrogens with two attached hydrogens (primary N) is 3. The molecule has 0 aromatic heterocycles. The lowest BCUT2D eigenvalue weighted by atomic mass is 9.96. The summed E-state index contributed by atoms with van der Waals surface area (Å²) in [5, 5.41) is 26.7. The van der Waals surface area contributed by atoms with Crippen molar-refractivity contribution >= 4 is 29.6 Å². The number of aromatic hydroxyl groups is 1. The first-order chi connectivity index (χ1) is 18.4. The second-order valence-corrected chi connectivity index (χ2v) is 9.60. The standard InChI is InChI=1S/C26H42N6O7/c1-3-15(2)22(32-23(35)18(28)6-4-5-13-27)25(37)31-20(14-16-7-9-17(33)10-8-16)24(36)30-19(26(38)39)11-12-21(29)34/h7-10,15,18-20,22,33H,3-6,11-14,27-28H2,1-2H3,(H2,29,34)(H,30,36)(H,31,37)(H,32,35)(H,38,39). The average Bonchev–Trinajstić information content (AvgIpc) is 2.89. The summed E-state index contributed by atoms with van der Waals surface area (Å²) in [7, 11) is 0. The van der Waals surface area contributed by atoms with Crippen LogP contribution in [-0.4, -0.2) is 70.5 Å². The summed E-state index contributed by atoms with van der Waals surface area (Å²) in [5.74, 6) is -4.36. The minimum absolute atomic E-state index is 0.00327. The van der Waals surface area contributed by atoms with Gasteiger partial charge in [-0.05, 0) is 49.4 Å². The molecule has 0 saturated carbocycles. The molecule has 5 unspecified atom stereocenters. The summed E-state index contributed by atoms with van der Waals surface area (Å²) in [4.78, 5) is 62.0. The van der Waals surface area contributed by atoms with Crippen molar-refractivity contribution in [3.8, 4) is 5.75 Å². The van der Waals surface area contributed by atoms with Crippen LogP contribution in [0.1, 0.15) is 57.9 Å². The molecule has 0 heterocycles. The molecule has 0 spiro atoms. The fourth-order valence-corrected chi connectivity index (χ4v) is 3.76. The Balaban J connectivity index is 3.14. The van der Waals surface area contributed by atoms with E-state index in [9.17, 15) is 34.2 Å². The lowest BCUT2D eigenvalue weighted by Gasteiger charge is -2.28. The smallest absolute Gasteiger partial charge is 0.326 e. The van der Waals surface area contributed by atoms with Gasteiger partial charge in [0.1, 0.15) is 23.9 Å². The van der Waals surface area contributed by atoms with Crippen LogP contribution >= 0.6 is 0 Å². The van der Waals surface area contributed by atoms with Crippen molar-refractivity contribution < 1.29 is 34.2 Å². The maximum Gasteiger partial charge on any atom is 0.326 e. The molecule has 1 aromatic carbocycles. The summed E-state index contributed by atoms with van der Waals surface area (Å²) in [6.07, 6.45) is 1.75. The van der Waals surface area contributed by atoms with E-state index < -0.39 is 53.8 Å². The molecule has 218 valence electrons. The van der Waals surface area contributed by atoms with Crippen LogP contribution in [0.5, 0.6) is 5.75 Å². The fraction of sp³-hybridized carbons (Fsp3) is 0.577. The van der Waals surface area contributed by atoms with E-state index in [0.717, 1.165) is 0 Å². The second kappa shape index (κ2) is 17.0. The van der Waals surface area contributed by atoms with Crippen LogP contribution in [0.15, 0.2) is 24.3 Å². The number of hydrogen-bond donors (Lipinski definition) is 8. The van der Waals surface area contributed by atoms with E-state index in [1.165, 1.54) is 12.1 Å². The van der Waals surface area contributed by atoms with Crippen LogP contribution in [0.4, 0.5) is 0 Å². The number of rotatable bonds is 18. The third-order valence-electron chi connectivity index (χ3n) is 6.40. The number of carbonyl (C=O) groups excluding carboxylic acids is 4. The second-order valence-electron chi connectivity index (χ2n) is 9.60. The van der Waals surface area contributed by atoms with E-state index >= 15 is 0 Å². The number of carboxylic acids is 1. The first kappa shape index (κ1) is 33.3. The zero-order valence-corrected chi connectivity index (χ0v) is 22.5. The monoisotopic (exact) mass is 550 g/mol. The lowest BCUT2D eigenvalue weighted by Crippen LogP contribution is -2.59. The third-order valence-corrected chi connectivity index (χ3v) is 6.40. The molecule has 1 rings (SSSR count). The highest BCUT2D eigenvalue weighted by atomic mass is 16.4. The molecule has 0 aliphatic heterocycles. The summed E-state index contributed by atoms with van der Waals surface area (Å²) in [5.41, 5.74) is 17.2. The molecule has 1 aromatic rings. The number of amides is 4. The Morgan fingerprint density at radius 1 is 0.897 bits per heavy atom. The van der Waals surface area contributed by atoms with Crippen molar-refractivity contribution in [2.45, 2.75) is 83.0 Å². The Bertz CT molecular complexity index is 972. The fourth-order valence-electron chi connectivity index (χ4n) is 3.76. The normalized spacial score (nSPS) is 14.8. The van der Waals surface area contributed by atoms with Gasteiger partial charge in [0.05, 0.1) is 6.04 Å². The van der Waals surface area contributed by atoms with Gasteiger partial charge in [-0.3, -0.25) is 19.2 Å². The first-order valence-corrected chi connectivity index (χ1v) is 13.0. The molecule has 0 fully saturated rings. The van der Waals surface area contributed by atoms with E-state index in [-0.39, 0.29) is 30.9 Å². The van der Waals surface area contributed by atoms with Gasteiger partial charge in [-0.25, -0.2) is 4.79 Å². The first-order valence-electron chi connectivity index (χ1n) is 13.0. The van der Waals surface area contributed by atoms with Crippen molar-refractivity contribution in [1.82, 2.24) is 16.0 Å². The van der Waals surface area contributed by atoms with E-state index in [4.69, 9.17) is 17.2 Å². The molecule has 11 N–H and O–H groups in total. The largest absolute Gasteiger partial charge is 0.508 e. The maximum atomic E-state index is 13.4. The molecular weight excluding hydrogens is 508 g/mol. The van der Waals surface area contributed by atoms with Crippen molar-refractivity contribution in [3.63, 3.8) is 0 Å². The van der Waals surface area contributed by atoms with Gasteiger partial charge in [0.25, 0.3) is 0 Å². The molecule has 13 nitrogen and oxygen atoms in total. The topological polar surface area (TPSA) is 240 Å². The number of phenols is 1. The Kier molecular flexibility index (Phi) is 14.5. The van der Waals surface area contributed by atoms with Gasteiger partial charge < -0.3 is 43.4 Å². The van der Waals surface area contributed by atoms with Gasteiger partial charge in [-0.1, -0.05) is 38.8 Å². The van der Waals surface area contributed by atoms with Crippen LogP contribution in [0.2, 0.25) is 0 Å². The summed E-state index contributed by atoms with van der Waals surface area (Å²) >= 11 is 0. The van der Waals surface area contributed by atoms with Crippen LogP contribution in [-0.2, 0) is 30.4 Å². The summed E-state index contributed by atoms with van der Waals surface area (Å²) in [6, 6.07) is 1.42. The van der Waals surface area contributed by atoms with E-state index in [1.807, 2.05) is 6.92 Å². The molecule has 0 aliphatic rings. The molecular formula is C26H42N6O7. The molecule has 0 saturated heterocycles. The zero-order valence-electron chi connectivity index (χ0n) is 22.5. The Morgan fingerprint density at radius 2 is 1.51 bits per heavy atom. The molecule has 5 atom stereocenters. The number of carboxylic acid groups (broad SMARTS) is 1. The van der Waals surface area contributed by atoms with E-state index in [1.54, 1.807) is 19.1 Å². The lowest BCUT2D eigenvalue weighted by molar-refractivity contribution is -0.142. The number of carbonyl (C=O) groups is 5. The number of hydrogen-bond acceptors (Lipinski definition) is 8. The highest BCUT2D eigenvalue weighted by Gasteiger charge is 2.32. The molecule has 39 heavy (non-hydrogen) atoms. The zero-order chi connectivity index (χ0) is 29.5. The number of aliphatic carboxylic acids is 1. The maximum absolute atomic E-state index is 13.4. The number of nitrogens with one attached hydrogen (secondary N) is 3. The van der Waals surface area contributed by atoms with Crippen LogP contribution < -0.4 is 33.2 Å². The Labute approximate surface area is 228 Å². The predicted octanol–water partition coefficient (Wildman–Crippen LogP) is -0.758. The van der Waals surface area contributed by atoms with E-state index in [2.05, 4.69) is 16.0 Å². The van der Waals surface area contributed by atoms with Crippen LogP contribution in [0.25, 0.3) is 0 Å². The van der Waals surface area contributed by atoms with Crippen molar-refractivity contribution in [1.29, 1.82) is 0 Å². The number of primary amides is 1. The highest BCUT2D eigenvalue weighted by Crippen LogP contribution is 2.14. The number of benzene rings is 1. The minimum Gasteiger partial charge on any atom is -0.508 e. The Hall–Kier alpha value is -3.71. The predicted molar refractivity (Wildman–Crippen MR) is 144 cm³/mol. The van der Waals surface area contributed by atoms with E-state index in [0.29, 0.717) is 37.8 Å². The van der Waals surface area contributed by atoms with Crippen LogP contribution in [0, 0.1) is 5.92 Å². The SMILES string of the molecule is CCC(C)C(NC(=O)C(N)CCCCN)C(=O)NC(Cc1ccc(O)cc1)C(=O)NC(CCC(N)=O)C(=O)O. The average molecular weight is 551 g/mol. The quantitative estimate of drug-likeness (QED) is 0.107. The summed E-state index contributed by atoms with van der Waals surface area (Å²) in [6.45, 7) is 4.08. The molecule has 0 radical (unpaired) electrons. The van der Waals surface area contributed by atoms with Gasteiger partial charge >= 0.3 is 5.97 Å². The molecule has 13 heteroatoms. The van der Waals surface area contributed by atoms with Gasteiger partial charge in [0, 0.05) is 12.8 Å². The minimum atomic E-state index is -1.42. The van der Waals surface area contributed by atoms with Gasteiger partial charge in [0.15, 0.2) is 0 Å². The van der Waals surface area contributed by atoms with Crippen molar-refractivity contribution in [2.24, 2.45) is 23.1 Å². The number of phenolic OH excluding ortho intramolecular Hbond substituents is 1. The Morgan fingerprint density at radius 3 is 2.05 bits per heavy atom. The number of unbranched alkanes of at least 4 members (excludes halogenated alkanes) is 1. The van der Waals surface area contributed by atoms with Gasteiger partial charge in [-0.2, -0.15) is 0 Å². The third kappa shape index (κ3) is 12.1.